The molecule has 1 atom stereocenters. The van der Waals surface area contributed by atoms with Gasteiger partial charge in [-0.2, -0.15) is 8.42 Å². The lowest BCUT2D eigenvalue weighted by atomic mass is 10.5. The molecule has 0 saturated heterocycles. The fourth-order valence-corrected chi connectivity index (χ4v) is 1.28. The zero-order valence-corrected chi connectivity index (χ0v) is 7.64. The number of rotatable bonds is 5. The second kappa shape index (κ2) is 4.94. The summed E-state index contributed by atoms with van der Waals surface area (Å²) in [4.78, 5) is 0. The average molecular weight is 202 g/mol. The Kier molecular flexibility index (Phi) is 5.02. The first-order valence-electron chi connectivity index (χ1n) is 2.88. The molecule has 7 heteroatoms. The Morgan fingerprint density at radius 1 is 1.64 bits per heavy atom. The highest BCUT2D eigenvalue weighted by molar-refractivity contribution is 7.84. The number of aliphatic hydroxyl groups excluding tert-OH is 1. The Labute approximate surface area is 71.1 Å². The van der Waals surface area contributed by atoms with E-state index in [0.717, 1.165) is 0 Å². The molecule has 5 nitrogen and oxygen atoms in total. The van der Waals surface area contributed by atoms with E-state index in [4.69, 9.17) is 5.11 Å². The Balaban J connectivity index is 3.92. The maximum atomic E-state index is 10.5. The van der Waals surface area contributed by atoms with Gasteiger partial charge in [-0.1, -0.05) is 6.92 Å². The van der Waals surface area contributed by atoms with Crippen LogP contribution in [0.3, 0.4) is 0 Å². The summed E-state index contributed by atoms with van der Waals surface area (Å²) in [5, 5.41) is 8.71. The van der Waals surface area contributed by atoms with Gasteiger partial charge in [0, 0.05) is 0 Å². The van der Waals surface area contributed by atoms with Crippen LogP contribution in [0, 0.1) is 0 Å². The first-order chi connectivity index (χ1) is 5.02. The minimum absolute atomic E-state index is 0.176. The van der Waals surface area contributed by atoms with Crippen molar-refractivity contribution in [3.8, 4) is 0 Å². The van der Waals surface area contributed by atoms with E-state index in [2.05, 4.69) is 21.0 Å². The van der Waals surface area contributed by atoms with Gasteiger partial charge < -0.3 is 5.11 Å². The summed E-state index contributed by atoms with van der Waals surface area (Å²) in [5.74, 6) is -0.307. The summed E-state index contributed by atoms with van der Waals surface area (Å²) >= 11 is 3.50. The molecular weight excluding hydrogens is 192 g/mol. The predicted octanol–water partition coefficient (Wildman–Crippen LogP) is -0.120. The Hall–Kier alpha value is 0.180. The molecule has 0 bridgehead atoms. The third-order valence-corrected chi connectivity index (χ3v) is 1.94. The molecule has 11 heavy (non-hydrogen) atoms. The lowest BCUT2D eigenvalue weighted by molar-refractivity contribution is -0.0238. The van der Waals surface area contributed by atoms with Gasteiger partial charge in [0.25, 0.3) is 0 Å². The summed E-state index contributed by atoms with van der Waals surface area (Å²) < 4.78 is 29.2. The highest BCUT2D eigenvalue weighted by atomic mass is 32.3. The molecule has 0 amide bonds. The molecule has 68 valence electrons. The third-order valence-electron chi connectivity index (χ3n) is 0.775. The molecule has 1 N–H and O–H groups in total. The van der Waals surface area contributed by atoms with Gasteiger partial charge in [-0.3, -0.25) is 0 Å². The molecule has 0 aromatic heterocycles. The SMILES string of the molecule is CCC(O)OS(=O)(=O)OCS. The van der Waals surface area contributed by atoms with Crippen molar-refractivity contribution in [3.05, 3.63) is 0 Å². The van der Waals surface area contributed by atoms with Gasteiger partial charge in [0.2, 0.25) is 0 Å². The van der Waals surface area contributed by atoms with E-state index >= 15 is 0 Å². The second-order valence-corrected chi connectivity index (χ2v) is 3.12. The van der Waals surface area contributed by atoms with Crippen molar-refractivity contribution in [1.29, 1.82) is 0 Å². The van der Waals surface area contributed by atoms with Gasteiger partial charge in [-0.25, -0.2) is 8.37 Å². The quantitative estimate of drug-likeness (QED) is 0.480. The molecule has 0 aliphatic carbocycles. The standard InChI is InChI=1S/C4H10O5S2/c1-2-4(5)9-11(6,7)8-3-10/h4-5,10H,2-3H2,1H3. The van der Waals surface area contributed by atoms with Gasteiger partial charge in [0.15, 0.2) is 6.29 Å². The van der Waals surface area contributed by atoms with E-state index in [0.29, 0.717) is 0 Å². The highest BCUT2D eigenvalue weighted by Gasteiger charge is 2.15. The fraction of sp³-hybridized carbons (Fsp3) is 1.00. The summed E-state index contributed by atoms with van der Waals surface area (Å²) in [6.07, 6.45) is -1.17. The largest absolute Gasteiger partial charge is 0.403 e. The van der Waals surface area contributed by atoms with Gasteiger partial charge in [-0.05, 0) is 6.42 Å². The van der Waals surface area contributed by atoms with Crippen molar-refractivity contribution in [2.45, 2.75) is 19.6 Å². The zero-order chi connectivity index (χ0) is 8.91. The molecule has 0 spiro atoms. The summed E-state index contributed by atoms with van der Waals surface area (Å²) in [6, 6.07) is 0. The van der Waals surface area contributed by atoms with E-state index in [-0.39, 0.29) is 12.4 Å². The van der Waals surface area contributed by atoms with Crippen LogP contribution >= 0.6 is 12.6 Å². The maximum Gasteiger partial charge on any atom is 0.403 e. The number of aliphatic hydroxyl groups is 1. The van der Waals surface area contributed by atoms with Crippen LogP contribution in [0.4, 0.5) is 0 Å². The van der Waals surface area contributed by atoms with E-state index < -0.39 is 16.7 Å². The number of thiol groups is 1. The van der Waals surface area contributed by atoms with E-state index in [1.807, 2.05) is 0 Å². The molecular formula is C4H10O5S2. The van der Waals surface area contributed by atoms with Crippen molar-refractivity contribution in [3.63, 3.8) is 0 Å². The minimum Gasteiger partial charge on any atom is -0.367 e. The van der Waals surface area contributed by atoms with Gasteiger partial charge in [-0.15, -0.1) is 12.6 Å². The molecule has 1 unspecified atom stereocenters. The van der Waals surface area contributed by atoms with E-state index in [1.54, 1.807) is 6.92 Å². The van der Waals surface area contributed by atoms with E-state index in [1.165, 1.54) is 0 Å². The van der Waals surface area contributed by atoms with Crippen molar-refractivity contribution in [1.82, 2.24) is 0 Å². The molecule has 0 fully saturated rings. The van der Waals surface area contributed by atoms with E-state index in [9.17, 15) is 8.42 Å². The molecule has 0 saturated carbocycles. The Morgan fingerprint density at radius 2 is 2.18 bits per heavy atom. The normalized spacial score (nSPS) is 14.8. The first kappa shape index (κ1) is 11.2. The fourth-order valence-electron chi connectivity index (χ4n) is 0.296. The Morgan fingerprint density at radius 3 is 2.55 bits per heavy atom. The smallest absolute Gasteiger partial charge is 0.367 e. The van der Waals surface area contributed by atoms with Crippen LogP contribution in [0.15, 0.2) is 0 Å². The van der Waals surface area contributed by atoms with Crippen LogP contribution in [-0.4, -0.2) is 25.8 Å². The van der Waals surface area contributed by atoms with Crippen molar-refractivity contribution in [2.75, 3.05) is 5.94 Å². The molecule has 0 rings (SSSR count). The molecule has 0 aliphatic rings. The lowest BCUT2D eigenvalue weighted by Gasteiger charge is -2.07. The van der Waals surface area contributed by atoms with Gasteiger partial charge in [0.05, 0.1) is 0 Å². The van der Waals surface area contributed by atoms with Gasteiger partial charge >= 0.3 is 10.4 Å². The van der Waals surface area contributed by atoms with Crippen molar-refractivity contribution in [2.24, 2.45) is 0 Å². The second-order valence-electron chi connectivity index (χ2n) is 1.61. The lowest BCUT2D eigenvalue weighted by Crippen LogP contribution is -2.18. The third kappa shape index (κ3) is 5.45. The first-order valence-corrected chi connectivity index (χ1v) is 4.85. The Bertz CT molecular complexity index is 187. The maximum absolute atomic E-state index is 10.5. The summed E-state index contributed by atoms with van der Waals surface area (Å²) in [6.45, 7) is 1.57. The van der Waals surface area contributed by atoms with Crippen LogP contribution in [0.1, 0.15) is 13.3 Å². The average Bonchev–Trinajstić information content (AvgIpc) is 1.86. The zero-order valence-electron chi connectivity index (χ0n) is 5.93. The molecule has 0 aliphatic heterocycles. The molecule has 0 radical (unpaired) electrons. The summed E-state index contributed by atoms with van der Waals surface area (Å²) in [7, 11) is -4.07. The van der Waals surface area contributed by atoms with Crippen LogP contribution < -0.4 is 0 Å². The number of hydrogen-bond acceptors (Lipinski definition) is 6. The van der Waals surface area contributed by atoms with Crippen LogP contribution in [0.5, 0.6) is 0 Å². The highest BCUT2D eigenvalue weighted by Crippen LogP contribution is 2.02. The van der Waals surface area contributed by atoms with Crippen molar-refractivity contribution < 1.29 is 21.9 Å². The van der Waals surface area contributed by atoms with Gasteiger partial charge in [0.1, 0.15) is 5.94 Å². The summed E-state index contributed by atoms with van der Waals surface area (Å²) in [5.41, 5.74) is 0. The predicted molar refractivity (Wildman–Crippen MR) is 41.2 cm³/mol. The van der Waals surface area contributed by atoms with Crippen LogP contribution in [-0.2, 0) is 18.8 Å². The number of hydrogen-bond donors (Lipinski definition) is 2. The van der Waals surface area contributed by atoms with Crippen LogP contribution in [0.2, 0.25) is 0 Å². The van der Waals surface area contributed by atoms with Crippen molar-refractivity contribution >= 4 is 23.0 Å². The molecule has 0 heterocycles. The van der Waals surface area contributed by atoms with Crippen LogP contribution in [0.25, 0.3) is 0 Å². The molecule has 0 aromatic carbocycles. The molecule has 0 aromatic rings. The monoisotopic (exact) mass is 202 g/mol. The minimum atomic E-state index is -4.07. The topological polar surface area (TPSA) is 72.8 Å².